The average Bonchev–Trinajstić information content (AvgIpc) is 2.80. The molecule has 0 amide bonds. The number of hydrogen-bond donors (Lipinski definition) is 1. The van der Waals surface area contributed by atoms with E-state index in [1.54, 1.807) is 32.2 Å². The lowest BCUT2D eigenvalue weighted by atomic mass is 10.1. The van der Waals surface area contributed by atoms with Crippen molar-refractivity contribution in [3.63, 3.8) is 0 Å². The minimum absolute atomic E-state index is 0.227. The number of fused-ring (bicyclic) bond motifs is 1. The monoisotopic (exact) mass is 438 g/mol. The maximum absolute atomic E-state index is 14.5. The van der Waals surface area contributed by atoms with Crippen LogP contribution in [0.5, 0.6) is 5.75 Å². The van der Waals surface area contributed by atoms with Crippen molar-refractivity contribution in [3.05, 3.63) is 54.0 Å². The molecule has 8 heteroatoms. The highest BCUT2D eigenvalue weighted by atomic mass is 19.1. The molecule has 3 aromatic rings. The van der Waals surface area contributed by atoms with E-state index in [1.165, 1.54) is 12.3 Å². The van der Waals surface area contributed by atoms with E-state index in [4.69, 9.17) is 9.47 Å². The minimum atomic E-state index is -0.516. The Balaban J connectivity index is 1.89. The molecule has 0 atom stereocenters. The zero-order valence-corrected chi connectivity index (χ0v) is 18.5. The maximum atomic E-state index is 14.5. The summed E-state index contributed by atoms with van der Waals surface area (Å²) in [6, 6.07) is 10.2. The zero-order valence-electron chi connectivity index (χ0n) is 18.5. The summed E-state index contributed by atoms with van der Waals surface area (Å²) >= 11 is 0. The number of rotatable bonds is 6. The number of piperazine rings is 1. The highest BCUT2D eigenvalue weighted by Crippen LogP contribution is 2.38. The Morgan fingerprint density at radius 3 is 2.62 bits per heavy atom. The van der Waals surface area contributed by atoms with E-state index < -0.39 is 11.8 Å². The predicted molar refractivity (Wildman–Crippen MR) is 124 cm³/mol. The van der Waals surface area contributed by atoms with Gasteiger partial charge in [-0.05, 0) is 32.2 Å². The molecule has 0 spiro atoms. The molecule has 1 N–H and O–H groups in total. The molecule has 32 heavy (non-hydrogen) atoms. The third kappa shape index (κ3) is 4.31. The van der Waals surface area contributed by atoms with Gasteiger partial charge in [0.2, 0.25) is 0 Å². The van der Waals surface area contributed by atoms with Gasteiger partial charge in [0, 0.05) is 43.8 Å². The number of pyridine rings is 1. The normalized spacial score (nSPS) is 14.4. The molecule has 1 saturated heterocycles. The van der Waals surface area contributed by atoms with Crippen molar-refractivity contribution >= 4 is 33.9 Å². The highest BCUT2D eigenvalue weighted by Gasteiger charge is 2.23. The van der Waals surface area contributed by atoms with Gasteiger partial charge in [-0.2, -0.15) is 0 Å². The number of halogens is 1. The largest absolute Gasteiger partial charge is 0.495 e. The first-order valence-electron chi connectivity index (χ1n) is 10.6. The third-order valence-corrected chi connectivity index (χ3v) is 5.64. The van der Waals surface area contributed by atoms with Crippen molar-refractivity contribution in [2.24, 2.45) is 0 Å². The van der Waals surface area contributed by atoms with Crippen LogP contribution in [0.3, 0.4) is 0 Å². The zero-order chi connectivity index (χ0) is 22.7. The van der Waals surface area contributed by atoms with Crippen LogP contribution in [0.4, 0.5) is 21.5 Å². The van der Waals surface area contributed by atoms with E-state index in [0.29, 0.717) is 22.3 Å². The fourth-order valence-electron chi connectivity index (χ4n) is 3.86. The number of ether oxygens (including phenoxy) is 2. The molecule has 4 rings (SSSR count). The molecule has 168 valence electrons. The van der Waals surface area contributed by atoms with Crippen LogP contribution in [0, 0.1) is 5.82 Å². The molecule has 0 aliphatic carbocycles. The minimum Gasteiger partial charge on any atom is -0.495 e. The molecule has 2 heterocycles. The molecular weight excluding hydrogens is 411 g/mol. The Kier molecular flexibility index (Phi) is 6.41. The van der Waals surface area contributed by atoms with Crippen LogP contribution < -0.4 is 15.0 Å². The van der Waals surface area contributed by atoms with Gasteiger partial charge in [-0.15, -0.1) is 0 Å². The number of aromatic nitrogens is 1. The van der Waals surface area contributed by atoms with Crippen molar-refractivity contribution in [3.8, 4) is 5.75 Å². The van der Waals surface area contributed by atoms with Gasteiger partial charge in [-0.25, -0.2) is 9.18 Å². The fourth-order valence-corrected chi connectivity index (χ4v) is 3.86. The number of anilines is 3. The second-order valence-electron chi connectivity index (χ2n) is 7.70. The topological polar surface area (TPSA) is 66.9 Å². The summed E-state index contributed by atoms with van der Waals surface area (Å²) in [5.41, 5.74) is 2.51. The molecule has 1 aliphatic heterocycles. The van der Waals surface area contributed by atoms with Gasteiger partial charge < -0.3 is 24.6 Å². The second-order valence-corrected chi connectivity index (χ2v) is 7.70. The Hall–Kier alpha value is -3.39. The number of nitrogens with one attached hydrogen (secondary N) is 1. The number of hydrogen-bond acceptors (Lipinski definition) is 7. The fraction of sp³-hybridized carbons (Fsp3) is 0.333. The summed E-state index contributed by atoms with van der Waals surface area (Å²) in [4.78, 5) is 21.7. The Morgan fingerprint density at radius 2 is 1.94 bits per heavy atom. The second kappa shape index (κ2) is 9.40. The quantitative estimate of drug-likeness (QED) is 0.582. The number of methoxy groups -OCH3 is 1. The van der Waals surface area contributed by atoms with E-state index in [1.807, 2.05) is 12.1 Å². The van der Waals surface area contributed by atoms with Gasteiger partial charge in [0.05, 0.1) is 36.3 Å². The predicted octanol–water partition coefficient (Wildman–Crippen LogP) is 4.05. The van der Waals surface area contributed by atoms with Crippen molar-refractivity contribution in [2.75, 3.05) is 57.2 Å². The van der Waals surface area contributed by atoms with E-state index in [0.717, 1.165) is 31.9 Å². The van der Waals surface area contributed by atoms with Gasteiger partial charge >= 0.3 is 5.97 Å². The molecule has 0 unspecified atom stereocenters. The van der Waals surface area contributed by atoms with Gasteiger partial charge in [-0.1, -0.05) is 12.1 Å². The summed E-state index contributed by atoms with van der Waals surface area (Å²) in [5, 5.41) is 3.80. The van der Waals surface area contributed by atoms with Crippen LogP contribution in [-0.4, -0.2) is 62.8 Å². The molecule has 0 saturated carbocycles. The molecule has 1 aromatic heterocycles. The van der Waals surface area contributed by atoms with Gasteiger partial charge in [0.15, 0.2) is 0 Å². The molecule has 2 aromatic carbocycles. The van der Waals surface area contributed by atoms with E-state index in [2.05, 4.69) is 27.1 Å². The first-order chi connectivity index (χ1) is 15.5. The number of carbonyl (C=O) groups excluding carboxylic acids is 1. The lowest BCUT2D eigenvalue weighted by molar-refractivity contribution is 0.0527. The smallest absolute Gasteiger partial charge is 0.341 e. The van der Waals surface area contributed by atoms with Crippen LogP contribution in [0.1, 0.15) is 17.3 Å². The first-order valence-corrected chi connectivity index (χ1v) is 10.6. The number of nitrogens with zero attached hydrogens (tertiary/aromatic N) is 3. The van der Waals surface area contributed by atoms with Crippen molar-refractivity contribution in [2.45, 2.75) is 6.92 Å². The van der Waals surface area contributed by atoms with Crippen molar-refractivity contribution in [1.29, 1.82) is 0 Å². The molecule has 0 bridgehead atoms. The summed E-state index contributed by atoms with van der Waals surface area (Å²) in [6.45, 7) is 5.53. The lowest BCUT2D eigenvalue weighted by Gasteiger charge is -2.35. The number of esters is 1. The third-order valence-electron chi connectivity index (χ3n) is 5.64. The van der Waals surface area contributed by atoms with E-state index >= 15 is 0 Å². The standard InChI is InChI=1S/C24H27FN4O3/c1-4-32-24(30)17-15-26-20-14-22(31-3)21(29-11-9-28(2)10-12-29)13-16(20)23(17)27-19-8-6-5-7-18(19)25/h5-8,13-15H,4,9-12H2,1-3H3,(H,26,27). The molecule has 1 aliphatic rings. The molecular formula is C24H27FN4O3. The van der Waals surface area contributed by atoms with Crippen molar-refractivity contribution in [1.82, 2.24) is 9.88 Å². The number of para-hydroxylation sites is 1. The van der Waals surface area contributed by atoms with Crippen LogP contribution >= 0.6 is 0 Å². The van der Waals surface area contributed by atoms with Gasteiger partial charge in [0.1, 0.15) is 17.1 Å². The van der Waals surface area contributed by atoms with Crippen LogP contribution in [0.25, 0.3) is 10.9 Å². The number of likely N-dealkylation sites (N-methyl/N-ethyl adjacent to an activating group) is 1. The molecule has 0 radical (unpaired) electrons. The summed E-state index contributed by atoms with van der Waals surface area (Å²) in [6.07, 6.45) is 1.46. The van der Waals surface area contributed by atoms with Crippen LogP contribution in [-0.2, 0) is 4.74 Å². The summed E-state index contributed by atoms with van der Waals surface area (Å²) < 4.78 is 25.3. The Labute approximate surface area is 186 Å². The SMILES string of the molecule is CCOC(=O)c1cnc2cc(OC)c(N3CCN(C)CC3)cc2c1Nc1ccccc1F. The number of carbonyl (C=O) groups is 1. The average molecular weight is 439 g/mol. The summed E-state index contributed by atoms with van der Waals surface area (Å²) in [5.74, 6) is -0.229. The van der Waals surface area contributed by atoms with Gasteiger partial charge in [0.25, 0.3) is 0 Å². The Bertz CT molecular complexity index is 1130. The van der Waals surface area contributed by atoms with Crippen molar-refractivity contribution < 1.29 is 18.7 Å². The summed E-state index contributed by atoms with van der Waals surface area (Å²) in [7, 11) is 3.73. The lowest BCUT2D eigenvalue weighted by Crippen LogP contribution is -2.44. The van der Waals surface area contributed by atoms with Crippen LogP contribution in [0.2, 0.25) is 0 Å². The molecule has 1 fully saturated rings. The highest BCUT2D eigenvalue weighted by molar-refractivity contribution is 6.07. The Morgan fingerprint density at radius 1 is 1.19 bits per heavy atom. The van der Waals surface area contributed by atoms with Gasteiger partial charge in [-0.3, -0.25) is 4.98 Å². The van der Waals surface area contributed by atoms with E-state index in [-0.39, 0.29) is 17.9 Å². The van der Waals surface area contributed by atoms with E-state index in [9.17, 15) is 9.18 Å². The maximum Gasteiger partial charge on any atom is 0.341 e. The molecule has 7 nitrogen and oxygen atoms in total. The first kappa shape index (κ1) is 21.8. The van der Waals surface area contributed by atoms with Crippen LogP contribution in [0.15, 0.2) is 42.6 Å². The number of benzene rings is 2.